The smallest absolute Gasteiger partial charge is 0.349 e. The highest BCUT2D eigenvalue weighted by Gasteiger charge is 2.21. The maximum absolute atomic E-state index is 12.8. The third kappa shape index (κ3) is 4.35. The van der Waals surface area contributed by atoms with E-state index < -0.39 is 16.2 Å². The quantitative estimate of drug-likeness (QED) is 0.203. The predicted molar refractivity (Wildman–Crippen MR) is 138 cm³/mol. The zero-order valence-corrected chi connectivity index (χ0v) is 19.3. The zero-order valence-electron chi connectivity index (χ0n) is 18.6. The van der Waals surface area contributed by atoms with E-state index in [0.717, 1.165) is 22.6 Å². The van der Waals surface area contributed by atoms with Gasteiger partial charge in [0.25, 0.3) is 5.56 Å². The average Bonchev–Trinajstić information content (AvgIpc) is 2.87. The molecule has 0 fully saturated rings. The highest BCUT2D eigenvalue weighted by atomic mass is 35.5. The van der Waals surface area contributed by atoms with Crippen molar-refractivity contribution < 1.29 is 9.66 Å². The lowest BCUT2D eigenvalue weighted by Crippen LogP contribution is -2.32. The van der Waals surface area contributed by atoms with E-state index in [9.17, 15) is 19.7 Å². The topological polar surface area (TPSA) is 120 Å². The number of halogens is 1. The van der Waals surface area contributed by atoms with E-state index in [-0.39, 0.29) is 34.0 Å². The molecule has 0 aliphatic rings. The molecule has 1 aromatic heterocycles. The fourth-order valence-electron chi connectivity index (χ4n) is 3.93. The summed E-state index contributed by atoms with van der Waals surface area (Å²) in [7, 11) is 0. The van der Waals surface area contributed by atoms with Crippen LogP contribution in [0.3, 0.4) is 0 Å². The molecule has 0 spiro atoms. The number of ether oxygens (including phenoxy) is 1. The Morgan fingerprint density at radius 3 is 2.53 bits per heavy atom. The normalized spacial score (nSPS) is 11.4. The fourth-order valence-corrected chi connectivity index (χ4v) is 4.16. The minimum absolute atomic E-state index is 0.0289. The average molecular weight is 501 g/mol. The number of nitrogens with zero attached hydrogens (tertiary/aromatic N) is 3. The third-order valence-electron chi connectivity index (χ3n) is 5.61. The zero-order chi connectivity index (χ0) is 25.2. The molecular formula is C26H17ClN4O5. The lowest BCUT2D eigenvalue weighted by molar-refractivity contribution is -0.385. The highest BCUT2D eigenvalue weighted by molar-refractivity contribution is 6.31. The van der Waals surface area contributed by atoms with Crippen molar-refractivity contribution in [2.75, 3.05) is 0 Å². The van der Waals surface area contributed by atoms with Crippen LogP contribution >= 0.6 is 11.6 Å². The van der Waals surface area contributed by atoms with Crippen molar-refractivity contribution in [1.29, 1.82) is 0 Å². The number of hydrogen-bond acceptors (Lipinski definition) is 6. The predicted octanol–water partition coefficient (Wildman–Crippen LogP) is 4.87. The Hall–Kier alpha value is -4.76. The molecule has 5 aromatic rings. The van der Waals surface area contributed by atoms with Crippen LogP contribution in [-0.2, 0) is 6.61 Å². The Morgan fingerprint density at radius 1 is 1.00 bits per heavy atom. The summed E-state index contributed by atoms with van der Waals surface area (Å²) >= 11 is 6.13. The summed E-state index contributed by atoms with van der Waals surface area (Å²) in [5.74, 6) is -0.0913. The van der Waals surface area contributed by atoms with Gasteiger partial charge in [-0.2, -0.15) is 5.10 Å². The Bertz CT molecular complexity index is 1790. The van der Waals surface area contributed by atoms with E-state index in [0.29, 0.717) is 10.2 Å². The van der Waals surface area contributed by atoms with Gasteiger partial charge < -0.3 is 9.72 Å². The van der Waals surface area contributed by atoms with Crippen LogP contribution in [0.5, 0.6) is 5.75 Å². The molecule has 0 saturated heterocycles. The number of hydrogen-bond donors (Lipinski definition) is 1. The molecule has 1 N–H and O–H groups in total. The first-order chi connectivity index (χ1) is 17.4. The first-order valence-corrected chi connectivity index (χ1v) is 11.2. The molecule has 9 nitrogen and oxygen atoms in total. The summed E-state index contributed by atoms with van der Waals surface area (Å²) in [6, 6.07) is 22.5. The molecular weight excluding hydrogens is 484 g/mol. The molecule has 0 radical (unpaired) electrons. The number of nitrogens with one attached hydrogen (secondary N) is 1. The lowest BCUT2D eigenvalue weighted by atomic mass is 10.1. The first kappa shape index (κ1) is 23.0. The van der Waals surface area contributed by atoms with E-state index in [4.69, 9.17) is 16.3 Å². The van der Waals surface area contributed by atoms with Gasteiger partial charge in [0.1, 0.15) is 6.61 Å². The second kappa shape index (κ2) is 9.47. The van der Waals surface area contributed by atoms with Crippen LogP contribution < -0.4 is 16.0 Å². The maximum atomic E-state index is 12.8. The van der Waals surface area contributed by atoms with Crippen LogP contribution in [0.2, 0.25) is 5.02 Å². The molecule has 0 atom stereocenters. The van der Waals surface area contributed by atoms with Gasteiger partial charge in [0.2, 0.25) is 5.75 Å². The first-order valence-electron chi connectivity index (χ1n) is 10.8. The number of rotatable bonds is 6. The summed E-state index contributed by atoms with van der Waals surface area (Å²) < 4.78 is 6.58. The van der Waals surface area contributed by atoms with Crippen molar-refractivity contribution in [2.24, 2.45) is 5.10 Å². The summed E-state index contributed by atoms with van der Waals surface area (Å²) in [5.41, 5.74) is -0.443. The van der Waals surface area contributed by atoms with Gasteiger partial charge in [0, 0.05) is 16.7 Å². The third-order valence-corrected chi connectivity index (χ3v) is 5.83. The van der Waals surface area contributed by atoms with E-state index in [1.54, 1.807) is 24.3 Å². The molecule has 0 aliphatic heterocycles. The molecule has 0 saturated carbocycles. The monoisotopic (exact) mass is 500 g/mol. The van der Waals surface area contributed by atoms with Crippen LogP contribution in [0.1, 0.15) is 11.1 Å². The van der Waals surface area contributed by atoms with E-state index in [2.05, 4.69) is 10.1 Å². The molecule has 5 rings (SSSR count). The molecule has 1 heterocycles. The lowest BCUT2D eigenvalue weighted by Gasteiger charge is -2.12. The van der Waals surface area contributed by atoms with E-state index in [1.807, 2.05) is 42.5 Å². The van der Waals surface area contributed by atoms with Gasteiger partial charge in [0.15, 0.2) is 0 Å². The Morgan fingerprint density at radius 2 is 1.72 bits per heavy atom. The number of para-hydroxylation sites is 1. The summed E-state index contributed by atoms with van der Waals surface area (Å²) in [4.78, 5) is 39.0. The summed E-state index contributed by atoms with van der Waals surface area (Å²) in [5, 5.41) is 18.1. The molecule has 10 heteroatoms. The van der Waals surface area contributed by atoms with Crippen molar-refractivity contribution in [1.82, 2.24) is 9.66 Å². The van der Waals surface area contributed by atoms with Crippen molar-refractivity contribution in [3.8, 4) is 5.75 Å². The number of nitro benzene ring substituents is 1. The van der Waals surface area contributed by atoms with Gasteiger partial charge in [-0.05, 0) is 34.5 Å². The number of benzene rings is 4. The Kier molecular flexibility index (Phi) is 6.05. The van der Waals surface area contributed by atoms with E-state index >= 15 is 0 Å². The van der Waals surface area contributed by atoms with Gasteiger partial charge in [-0.25, -0.2) is 4.79 Å². The largest absolute Gasteiger partial charge is 0.481 e. The van der Waals surface area contributed by atoms with Crippen LogP contribution in [0.25, 0.3) is 21.7 Å². The molecule has 178 valence electrons. The van der Waals surface area contributed by atoms with Crippen molar-refractivity contribution in [3.63, 3.8) is 0 Å². The molecule has 4 aromatic carbocycles. The number of fused-ring (bicyclic) bond motifs is 2. The standard InChI is InChI=1S/C26H17ClN4O5/c27-19-12-18(14-28-30-25(32)21-10-3-4-11-22(21)29-26(30)33)24(23(13-19)31(34)35)36-15-17-8-5-7-16-6-1-2-9-20(16)17/h1-14H,15H2,(H,29,33). The molecule has 36 heavy (non-hydrogen) atoms. The summed E-state index contributed by atoms with van der Waals surface area (Å²) in [6.45, 7) is 0.0289. The van der Waals surface area contributed by atoms with Crippen molar-refractivity contribution in [3.05, 3.63) is 126 Å². The Balaban J connectivity index is 1.58. The highest BCUT2D eigenvalue weighted by Crippen LogP contribution is 2.34. The molecule has 0 bridgehead atoms. The van der Waals surface area contributed by atoms with Gasteiger partial charge in [0.05, 0.1) is 22.0 Å². The number of aromatic amines is 1. The molecule has 0 aliphatic carbocycles. The summed E-state index contributed by atoms with van der Waals surface area (Å²) in [6.07, 6.45) is 1.14. The second-order valence-electron chi connectivity index (χ2n) is 7.86. The van der Waals surface area contributed by atoms with Crippen molar-refractivity contribution in [2.45, 2.75) is 6.61 Å². The minimum atomic E-state index is -0.760. The van der Waals surface area contributed by atoms with Crippen LogP contribution in [0.15, 0.2) is 93.6 Å². The van der Waals surface area contributed by atoms with Gasteiger partial charge in [-0.15, -0.1) is 4.68 Å². The minimum Gasteiger partial charge on any atom is -0.481 e. The number of aromatic nitrogens is 2. The molecule has 0 unspecified atom stereocenters. The Labute approximate surface area is 208 Å². The number of H-pyrrole nitrogens is 1. The second-order valence-corrected chi connectivity index (χ2v) is 8.30. The van der Waals surface area contributed by atoms with E-state index in [1.165, 1.54) is 12.1 Å². The van der Waals surface area contributed by atoms with Gasteiger partial charge in [-0.1, -0.05) is 66.2 Å². The molecule has 0 amide bonds. The SMILES string of the molecule is O=c1[nH]c2ccccc2c(=O)n1N=Cc1cc(Cl)cc([N+](=O)[O-])c1OCc1cccc2ccccc12. The number of nitro groups is 1. The fraction of sp³-hybridized carbons (Fsp3) is 0.0385. The maximum Gasteiger partial charge on any atom is 0.349 e. The van der Waals surface area contributed by atoms with Crippen LogP contribution in [0.4, 0.5) is 5.69 Å². The van der Waals surface area contributed by atoms with Gasteiger partial charge in [-0.3, -0.25) is 14.9 Å². The van der Waals surface area contributed by atoms with Crippen LogP contribution in [-0.4, -0.2) is 20.8 Å². The van der Waals surface area contributed by atoms with Gasteiger partial charge >= 0.3 is 11.4 Å². The van der Waals surface area contributed by atoms with Crippen LogP contribution in [0, 0.1) is 10.1 Å². The van der Waals surface area contributed by atoms with Crippen molar-refractivity contribution >= 4 is 45.2 Å².